The Morgan fingerprint density at radius 2 is 1.94 bits per heavy atom. The van der Waals surface area contributed by atoms with E-state index >= 15 is 0 Å². The van der Waals surface area contributed by atoms with E-state index in [0.29, 0.717) is 5.92 Å². The van der Waals surface area contributed by atoms with E-state index in [-0.39, 0.29) is 12.2 Å². The molecule has 1 aliphatic rings. The van der Waals surface area contributed by atoms with Crippen LogP contribution in [0.2, 0.25) is 0 Å². The van der Waals surface area contributed by atoms with Crippen LogP contribution in [0.3, 0.4) is 0 Å². The van der Waals surface area contributed by atoms with Crippen molar-refractivity contribution in [1.29, 1.82) is 0 Å². The molecule has 0 N–H and O–H groups in total. The molecular formula is C13H17NO2. The zero-order valence-electron chi connectivity index (χ0n) is 9.72. The maximum atomic E-state index is 11.5. The molecule has 1 saturated heterocycles. The van der Waals surface area contributed by atoms with E-state index in [2.05, 4.69) is 12.1 Å². The lowest BCUT2D eigenvalue weighted by Crippen LogP contribution is -2.49. The Morgan fingerprint density at radius 1 is 1.31 bits per heavy atom. The fourth-order valence-corrected chi connectivity index (χ4v) is 1.84. The molecule has 1 heterocycles. The SMILES string of the molecule is CC(C)OC(=O)N1CC(c2ccccc2)C1. The molecule has 0 atom stereocenters. The van der Waals surface area contributed by atoms with Crippen molar-refractivity contribution in [2.24, 2.45) is 0 Å². The van der Waals surface area contributed by atoms with Crippen LogP contribution in [-0.4, -0.2) is 30.2 Å². The molecule has 0 aromatic heterocycles. The number of hydrogen-bond acceptors (Lipinski definition) is 2. The minimum Gasteiger partial charge on any atom is -0.447 e. The molecule has 1 amide bonds. The summed E-state index contributed by atoms with van der Waals surface area (Å²) in [7, 11) is 0. The molecule has 0 unspecified atom stereocenters. The van der Waals surface area contributed by atoms with Gasteiger partial charge in [-0.15, -0.1) is 0 Å². The van der Waals surface area contributed by atoms with Crippen molar-refractivity contribution in [2.45, 2.75) is 25.9 Å². The van der Waals surface area contributed by atoms with Crippen molar-refractivity contribution in [1.82, 2.24) is 4.90 Å². The van der Waals surface area contributed by atoms with E-state index < -0.39 is 0 Å². The van der Waals surface area contributed by atoms with Crippen LogP contribution in [0, 0.1) is 0 Å². The van der Waals surface area contributed by atoms with Gasteiger partial charge in [0.1, 0.15) is 0 Å². The molecule has 86 valence electrons. The number of benzene rings is 1. The third-order valence-corrected chi connectivity index (χ3v) is 2.75. The van der Waals surface area contributed by atoms with Crippen molar-refractivity contribution in [3.05, 3.63) is 35.9 Å². The fourth-order valence-electron chi connectivity index (χ4n) is 1.84. The summed E-state index contributed by atoms with van der Waals surface area (Å²) >= 11 is 0. The number of nitrogens with zero attached hydrogens (tertiary/aromatic N) is 1. The van der Waals surface area contributed by atoms with Crippen LogP contribution in [0.4, 0.5) is 4.79 Å². The second-order valence-electron chi connectivity index (χ2n) is 4.45. The number of hydrogen-bond donors (Lipinski definition) is 0. The normalized spacial score (nSPS) is 16.1. The van der Waals surface area contributed by atoms with Crippen molar-refractivity contribution >= 4 is 6.09 Å². The topological polar surface area (TPSA) is 29.5 Å². The Kier molecular flexibility index (Phi) is 3.13. The summed E-state index contributed by atoms with van der Waals surface area (Å²) in [6.07, 6.45) is -0.231. The monoisotopic (exact) mass is 219 g/mol. The molecule has 16 heavy (non-hydrogen) atoms. The first-order valence-corrected chi connectivity index (χ1v) is 5.67. The highest BCUT2D eigenvalue weighted by atomic mass is 16.6. The Balaban J connectivity index is 1.84. The molecule has 0 radical (unpaired) electrons. The maximum Gasteiger partial charge on any atom is 0.410 e. The van der Waals surface area contributed by atoms with Crippen LogP contribution in [0.5, 0.6) is 0 Å². The minimum absolute atomic E-state index is 0.0386. The molecule has 1 aromatic carbocycles. The van der Waals surface area contributed by atoms with Gasteiger partial charge in [-0.1, -0.05) is 30.3 Å². The summed E-state index contributed by atoms with van der Waals surface area (Å²) in [6.45, 7) is 5.28. The van der Waals surface area contributed by atoms with E-state index in [1.165, 1.54) is 5.56 Å². The van der Waals surface area contributed by atoms with Crippen LogP contribution >= 0.6 is 0 Å². The smallest absolute Gasteiger partial charge is 0.410 e. The van der Waals surface area contributed by atoms with Crippen LogP contribution in [-0.2, 0) is 4.74 Å². The Morgan fingerprint density at radius 3 is 2.50 bits per heavy atom. The Bertz CT molecular complexity index is 355. The largest absolute Gasteiger partial charge is 0.447 e. The Hall–Kier alpha value is -1.51. The zero-order valence-corrected chi connectivity index (χ0v) is 9.72. The van der Waals surface area contributed by atoms with Gasteiger partial charge in [-0.25, -0.2) is 4.79 Å². The number of amides is 1. The molecular weight excluding hydrogens is 202 g/mol. The first-order chi connectivity index (χ1) is 7.66. The molecule has 0 spiro atoms. The average molecular weight is 219 g/mol. The molecule has 0 aliphatic carbocycles. The predicted molar refractivity (Wildman–Crippen MR) is 62.4 cm³/mol. The van der Waals surface area contributed by atoms with Gasteiger partial charge in [-0.05, 0) is 19.4 Å². The zero-order chi connectivity index (χ0) is 11.5. The highest BCUT2D eigenvalue weighted by Crippen LogP contribution is 2.27. The number of carbonyl (C=O) groups is 1. The van der Waals surface area contributed by atoms with E-state index in [1.807, 2.05) is 32.0 Å². The summed E-state index contributed by atoms with van der Waals surface area (Å²) < 4.78 is 5.13. The summed E-state index contributed by atoms with van der Waals surface area (Å²) in [5.41, 5.74) is 1.30. The average Bonchev–Trinajstić information content (AvgIpc) is 2.15. The van der Waals surface area contributed by atoms with Gasteiger partial charge < -0.3 is 9.64 Å². The van der Waals surface area contributed by atoms with Crippen molar-refractivity contribution in [2.75, 3.05) is 13.1 Å². The number of ether oxygens (including phenoxy) is 1. The molecule has 1 fully saturated rings. The fraction of sp³-hybridized carbons (Fsp3) is 0.462. The van der Waals surface area contributed by atoms with Crippen LogP contribution in [0.25, 0.3) is 0 Å². The van der Waals surface area contributed by atoms with Gasteiger partial charge in [-0.2, -0.15) is 0 Å². The van der Waals surface area contributed by atoms with Gasteiger partial charge in [0, 0.05) is 19.0 Å². The van der Waals surface area contributed by atoms with Crippen molar-refractivity contribution in [3.63, 3.8) is 0 Å². The van der Waals surface area contributed by atoms with Gasteiger partial charge in [0.25, 0.3) is 0 Å². The standard InChI is InChI=1S/C13H17NO2/c1-10(2)16-13(15)14-8-12(9-14)11-6-4-3-5-7-11/h3-7,10,12H,8-9H2,1-2H3. The molecule has 0 saturated carbocycles. The van der Waals surface area contributed by atoms with E-state index in [9.17, 15) is 4.79 Å². The van der Waals surface area contributed by atoms with E-state index in [1.54, 1.807) is 4.90 Å². The van der Waals surface area contributed by atoms with Crippen molar-refractivity contribution in [3.8, 4) is 0 Å². The number of likely N-dealkylation sites (tertiary alicyclic amines) is 1. The number of rotatable bonds is 2. The Labute approximate surface area is 96.0 Å². The maximum absolute atomic E-state index is 11.5. The second kappa shape index (κ2) is 4.56. The summed E-state index contributed by atoms with van der Waals surface area (Å²) in [5, 5.41) is 0. The van der Waals surface area contributed by atoms with Crippen LogP contribution in [0.1, 0.15) is 25.3 Å². The van der Waals surface area contributed by atoms with E-state index in [4.69, 9.17) is 4.74 Å². The number of carbonyl (C=O) groups excluding carboxylic acids is 1. The lowest BCUT2D eigenvalue weighted by molar-refractivity contribution is 0.0511. The third kappa shape index (κ3) is 2.35. The van der Waals surface area contributed by atoms with Crippen LogP contribution < -0.4 is 0 Å². The van der Waals surface area contributed by atoms with E-state index in [0.717, 1.165) is 13.1 Å². The van der Waals surface area contributed by atoms with Gasteiger partial charge in [-0.3, -0.25) is 0 Å². The molecule has 1 aliphatic heterocycles. The minimum atomic E-state index is -0.192. The van der Waals surface area contributed by atoms with Gasteiger partial charge in [0.2, 0.25) is 0 Å². The molecule has 0 bridgehead atoms. The lowest BCUT2D eigenvalue weighted by atomic mass is 9.92. The summed E-state index contributed by atoms with van der Waals surface area (Å²) in [5.74, 6) is 0.473. The second-order valence-corrected chi connectivity index (χ2v) is 4.45. The first-order valence-electron chi connectivity index (χ1n) is 5.67. The summed E-state index contributed by atoms with van der Waals surface area (Å²) in [4.78, 5) is 13.3. The highest BCUT2D eigenvalue weighted by molar-refractivity contribution is 5.69. The predicted octanol–water partition coefficient (Wildman–Crippen LogP) is 2.63. The third-order valence-electron chi connectivity index (χ3n) is 2.75. The molecule has 3 nitrogen and oxygen atoms in total. The van der Waals surface area contributed by atoms with Crippen LogP contribution in [0.15, 0.2) is 30.3 Å². The summed E-state index contributed by atoms with van der Waals surface area (Å²) in [6, 6.07) is 10.3. The molecule has 2 rings (SSSR count). The highest BCUT2D eigenvalue weighted by Gasteiger charge is 2.32. The van der Waals surface area contributed by atoms with Gasteiger partial charge >= 0.3 is 6.09 Å². The first kappa shape index (κ1) is 11.0. The molecule has 3 heteroatoms. The van der Waals surface area contributed by atoms with Gasteiger partial charge in [0.05, 0.1) is 6.10 Å². The lowest BCUT2D eigenvalue weighted by Gasteiger charge is -2.38. The van der Waals surface area contributed by atoms with Gasteiger partial charge in [0.15, 0.2) is 0 Å². The molecule has 1 aromatic rings. The van der Waals surface area contributed by atoms with Crippen molar-refractivity contribution < 1.29 is 9.53 Å². The quantitative estimate of drug-likeness (QED) is 0.765.